The van der Waals surface area contributed by atoms with Gasteiger partial charge < -0.3 is 0 Å². The van der Waals surface area contributed by atoms with Crippen LogP contribution in [0, 0.1) is 5.41 Å². The minimum atomic E-state index is 0.256. The van der Waals surface area contributed by atoms with E-state index in [2.05, 4.69) is 35.1 Å². The van der Waals surface area contributed by atoms with Crippen molar-refractivity contribution < 1.29 is 0 Å². The van der Waals surface area contributed by atoms with Crippen LogP contribution in [-0.2, 0) is 6.42 Å². The molecule has 14 heavy (non-hydrogen) atoms. The van der Waals surface area contributed by atoms with E-state index in [0.29, 0.717) is 0 Å². The first-order valence-electron chi connectivity index (χ1n) is 4.61. The third-order valence-electron chi connectivity index (χ3n) is 1.84. The van der Waals surface area contributed by atoms with E-state index >= 15 is 0 Å². The molecule has 0 N–H and O–H groups in total. The van der Waals surface area contributed by atoms with E-state index in [1.54, 1.807) is 6.20 Å². The Kier molecular flexibility index (Phi) is 2.23. The first-order chi connectivity index (χ1) is 6.54. The van der Waals surface area contributed by atoms with Gasteiger partial charge in [-0.2, -0.15) is 4.37 Å². The molecular formula is C10H13N3S. The van der Waals surface area contributed by atoms with Crippen molar-refractivity contribution in [1.82, 2.24) is 14.3 Å². The van der Waals surface area contributed by atoms with Gasteiger partial charge in [-0.15, -0.1) is 0 Å². The zero-order valence-electron chi connectivity index (χ0n) is 8.61. The summed E-state index contributed by atoms with van der Waals surface area (Å²) in [6.45, 7) is 6.60. The van der Waals surface area contributed by atoms with Crippen LogP contribution in [0.5, 0.6) is 0 Å². The summed E-state index contributed by atoms with van der Waals surface area (Å²) in [6, 6.07) is 0. The zero-order chi connectivity index (χ0) is 10.2. The number of nitrogens with zero attached hydrogens (tertiary/aromatic N) is 3. The van der Waals surface area contributed by atoms with Crippen LogP contribution >= 0.6 is 11.5 Å². The van der Waals surface area contributed by atoms with E-state index in [1.165, 1.54) is 11.5 Å². The van der Waals surface area contributed by atoms with Crippen molar-refractivity contribution in [2.45, 2.75) is 27.2 Å². The van der Waals surface area contributed by atoms with E-state index in [1.807, 2.05) is 6.20 Å². The fourth-order valence-corrected chi connectivity index (χ4v) is 1.88. The highest BCUT2D eigenvalue weighted by Gasteiger charge is 2.13. The van der Waals surface area contributed by atoms with Gasteiger partial charge in [0.2, 0.25) is 0 Å². The van der Waals surface area contributed by atoms with E-state index in [-0.39, 0.29) is 5.41 Å². The standard InChI is InChI=1S/C10H13N3S/c1-10(2,3)4-7-5-11-9-8(13-7)6-12-14-9/h5-6H,4H2,1-3H3. The van der Waals surface area contributed by atoms with Crippen LogP contribution in [0.15, 0.2) is 12.4 Å². The SMILES string of the molecule is CC(C)(C)Cc1cnc2sncc2n1. The smallest absolute Gasteiger partial charge is 0.161 e. The van der Waals surface area contributed by atoms with Gasteiger partial charge in [0.25, 0.3) is 0 Å². The molecule has 0 radical (unpaired) electrons. The van der Waals surface area contributed by atoms with Crippen LogP contribution < -0.4 is 0 Å². The number of fused-ring (bicyclic) bond motifs is 1. The maximum atomic E-state index is 4.51. The van der Waals surface area contributed by atoms with Gasteiger partial charge in [-0.1, -0.05) is 20.8 Å². The maximum Gasteiger partial charge on any atom is 0.161 e. The predicted molar refractivity (Wildman–Crippen MR) is 58.4 cm³/mol. The Morgan fingerprint density at radius 3 is 2.79 bits per heavy atom. The van der Waals surface area contributed by atoms with E-state index in [9.17, 15) is 0 Å². The summed E-state index contributed by atoms with van der Waals surface area (Å²) in [4.78, 5) is 9.74. The second kappa shape index (κ2) is 3.28. The van der Waals surface area contributed by atoms with Crippen LogP contribution in [0.2, 0.25) is 0 Å². The molecule has 2 aromatic heterocycles. The van der Waals surface area contributed by atoms with Gasteiger partial charge in [0.1, 0.15) is 5.52 Å². The average molecular weight is 207 g/mol. The third kappa shape index (κ3) is 2.07. The minimum absolute atomic E-state index is 0.256. The molecule has 0 aromatic carbocycles. The summed E-state index contributed by atoms with van der Waals surface area (Å²) < 4.78 is 4.06. The first kappa shape index (κ1) is 9.52. The molecule has 74 valence electrons. The molecule has 0 atom stereocenters. The lowest BCUT2D eigenvalue weighted by molar-refractivity contribution is 0.406. The van der Waals surface area contributed by atoms with Crippen molar-refractivity contribution in [3.63, 3.8) is 0 Å². The number of hydrogen-bond donors (Lipinski definition) is 0. The van der Waals surface area contributed by atoms with Gasteiger partial charge in [0, 0.05) is 0 Å². The van der Waals surface area contributed by atoms with E-state index in [4.69, 9.17) is 0 Å². The van der Waals surface area contributed by atoms with Gasteiger partial charge in [0.15, 0.2) is 4.83 Å². The fourth-order valence-electron chi connectivity index (χ4n) is 1.34. The number of aromatic nitrogens is 3. The van der Waals surface area contributed by atoms with Gasteiger partial charge in [-0.05, 0) is 23.4 Å². The number of rotatable bonds is 1. The van der Waals surface area contributed by atoms with Crippen molar-refractivity contribution in [3.05, 3.63) is 18.1 Å². The average Bonchev–Trinajstić information content (AvgIpc) is 2.47. The summed E-state index contributed by atoms with van der Waals surface area (Å²) in [6.07, 6.45) is 4.58. The monoisotopic (exact) mass is 207 g/mol. The van der Waals surface area contributed by atoms with Gasteiger partial charge >= 0.3 is 0 Å². The predicted octanol–water partition coefficient (Wildman–Crippen LogP) is 2.67. The highest BCUT2D eigenvalue weighted by atomic mass is 32.1. The zero-order valence-corrected chi connectivity index (χ0v) is 9.43. The summed E-state index contributed by atoms with van der Waals surface area (Å²) >= 11 is 1.39. The van der Waals surface area contributed by atoms with Crippen molar-refractivity contribution in [1.29, 1.82) is 0 Å². The molecule has 0 amide bonds. The van der Waals surface area contributed by atoms with Crippen molar-refractivity contribution >= 4 is 21.9 Å². The molecule has 2 rings (SSSR count). The van der Waals surface area contributed by atoms with Crippen LogP contribution in [0.1, 0.15) is 26.5 Å². The summed E-state index contributed by atoms with van der Waals surface area (Å²) in [5, 5.41) is 0. The highest BCUT2D eigenvalue weighted by molar-refractivity contribution is 7.12. The quantitative estimate of drug-likeness (QED) is 0.721. The van der Waals surface area contributed by atoms with Crippen LogP contribution in [0.4, 0.5) is 0 Å². The van der Waals surface area contributed by atoms with Crippen LogP contribution in [-0.4, -0.2) is 14.3 Å². The third-order valence-corrected chi connectivity index (χ3v) is 2.54. The summed E-state index contributed by atoms with van der Waals surface area (Å²) in [7, 11) is 0. The minimum Gasteiger partial charge on any atom is -0.247 e. The second-order valence-electron chi connectivity index (χ2n) is 4.61. The topological polar surface area (TPSA) is 38.7 Å². The Labute approximate surface area is 87.4 Å². The summed E-state index contributed by atoms with van der Waals surface area (Å²) in [5.41, 5.74) is 2.22. The molecule has 2 aromatic rings. The Morgan fingerprint density at radius 1 is 1.29 bits per heavy atom. The molecule has 0 unspecified atom stereocenters. The second-order valence-corrected chi connectivity index (χ2v) is 5.40. The molecule has 0 aliphatic heterocycles. The summed E-state index contributed by atoms with van der Waals surface area (Å²) in [5.74, 6) is 0. The molecule has 0 aliphatic rings. The lowest BCUT2D eigenvalue weighted by atomic mass is 9.91. The maximum absolute atomic E-state index is 4.51. The van der Waals surface area contributed by atoms with Crippen molar-refractivity contribution in [2.24, 2.45) is 5.41 Å². The number of hydrogen-bond acceptors (Lipinski definition) is 4. The van der Waals surface area contributed by atoms with Gasteiger partial charge in [-0.25, -0.2) is 9.97 Å². The Hall–Kier alpha value is -1.03. The Morgan fingerprint density at radius 2 is 2.07 bits per heavy atom. The fraction of sp³-hybridized carbons (Fsp3) is 0.500. The molecule has 4 heteroatoms. The van der Waals surface area contributed by atoms with Crippen LogP contribution in [0.3, 0.4) is 0 Å². The molecule has 2 heterocycles. The first-order valence-corrected chi connectivity index (χ1v) is 5.38. The van der Waals surface area contributed by atoms with Gasteiger partial charge in [0.05, 0.1) is 18.1 Å². The molecule has 3 nitrogen and oxygen atoms in total. The van der Waals surface area contributed by atoms with E-state index < -0.39 is 0 Å². The molecule has 0 spiro atoms. The van der Waals surface area contributed by atoms with E-state index in [0.717, 1.165) is 22.5 Å². The van der Waals surface area contributed by atoms with Crippen molar-refractivity contribution in [3.8, 4) is 0 Å². The Bertz CT molecular complexity index is 442. The normalized spacial score (nSPS) is 12.2. The van der Waals surface area contributed by atoms with Crippen molar-refractivity contribution in [2.75, 3.05) is 0 Å². The molecule has 0 fully saturated rings. The lowest BCUT2D eigenvalue weighted by Crippen LogP contribution is -2.10. The van der Waals surface area contributed by atoms with Crippen LogP contribution in [0.25, 0.3) is 10.3 Å². The van der Waals surface area contributed by atoms with Gasteiger partial charge in [-0.3, -0.25) is 0 Å². The molecular weight excluding hydrogens is 194 g/mol. The Balaban J connectivity index is 2.35. The molecule has 0 bridgehead atoms. The lowest BCUT2D eigenvalue weighted by Gasteiger charge is -2.16. The molecule has 0 saturated carbocycles. The highest BCUT2D eigenvalue weighted by Crippen LogP contribution is 2.20. The largest absolute Gasteiger partial charge is 0.247 e. The molecule has 0 saturated heterocycles. The molecule has 0 aliphatic carbocycles.